The third-order valence-electron chi connectivity index (χ3n) is 6.62. The van der Waals surface area contributed by atoms with E-state index in [1.807, 2.05) is 42.5 Å². The van der Waals surface area contributed by atoms with Gasteiger partial charge >= 0.3 is 0 Å². The summed E-state index contributed by atoms with van der Waals surface area (Å²) in [5.41, 5.74) is 4.96. The highest BCUT2D eigenvalue weighted by atomic mass is 35.5. The molecule has 0 radical (unpaired) electrons. The number of rotatable bonds is 7. The van der Waals surface area contributed by atoms with Crippen molar-refractivity contribution < 1.29 is 4.79 Å². The van der Waals surface area contributed by atoms with Gasteiger partial charge in [0.25, 0.3) is 0 Å². The number of fused-ring (bicyclic) bond motifs is 1. The van der Waals surface area contributed by atoms with Crippen LogP contribution < -0.4 is 15.5 Å². The second kappa shape index (κ2) is 10.5. The minimum absolute atomic E-state index is 0.267. The van der Waals surface area contributed by atoms with Crippen molar-refractivity contribution in [1.29, 1.82) is 0 Å². The molecule has 0 spiro atoms. The van der Waals surface area contributed by atoms with Gasteiger partial charge in [-0.15, -0.1) is 0 Å². The molecule has 3 heterocycles. The molecule has 1 aliphatic rings. The summed E-state index contributed by atoms with van der Waals surface area (Å²) in [6.45, 7) is 5.62. The van der Waals surface area contributed by atoms with Gasteiger partial charge in [0.15, 0.2) is 0 Å². The number of aromatic nitrogens is 3. The molecule has 1 amide bonds. The van der Waals surface area contributed by atoms with Crippen molar-refractivity contribution in [3.05, 3.63) is 78.7 Å². The van der Waals surface area contributed by atoms with Crippen LogP contribution in [0.4, 0.5) is 23.0 Å². The third kappa shape index (κ3) is 5.40. The zero-order chi connectivity index (χ0) is 25.9. The summed E-state index contributed by atoms with van der Waals surface area (Å²) >= 11 is 6.18. The number of nitrogens with one attached hydrogen (secondary N) is 2. The van der Waals surface area contributed by atoms with Crippen molar-refractivity contribution in [2.75, 3.05) is 42.7 Å². The Morgan fingerprint density at radius 2 is 2.08 bits per heavy atom. The van der Waals surface area contributed by atoms with E-state index >= 15 is 0 Å². The first kappa shape index (κ1) is 24.7. The second-order valence-electron chi connectivity index (χ2n) is 9.19. The quantitative estimate of drug-likeness (QED) is 0.322. The summed E-state index contributed by atoms with van der Waals surface area (Å²) in [6.07, 6.45) is 7.49. The molecular formula is C28H28ClN7O. The summed E-state index contributed by atoms with van der Waals surface area (Å²) in [6, 6.07) is 14.0. The number of anilines is 4. The Morgan fingerprint density at radius 1 is 1.22 bits per heavy atom. The Morgan fingerprint density at radius 3 is 2.84 bits per heavy atom. The first-order valence-electron chi connectivity index (χ1n) is 12.0. The van der Waals surface area contributed by atoms with Crippen molar-refractivity contribution >= 4 is 51.4 Å². The lowest BCUT2D eigenvalue weighted by Crippen LogP contribution is -2.34. The summed E-state index contributed by atoms with van der Waals surface area (Å²) in [7, 11) is 4.19. The number of carbonyl (C=O) groups excluding carboxylic acids is 1. The topological polar surface area (TPSA) is 86.3 Å². The molecule has 0 bridgehead atoms. The van der Waals surface area contributed by atoms with Crippen molar-refractivity contribution in [2.45, 2.75) is 12.5 Å². The van der Waals surface area contributed by atoms with Crippen molar-refractivity contribution in [3.8, 4) is 11.1 Å². The van der Waals surface area contributed by atoms with Gasteiger partial charge < -0.3 is 20.4 Å². The fraction of sp³-hybridized carbons (Fsp3) is 0.214. The number of halogens is 1. The van der Waals surface area contributed by atoms with Gasteiger partial charge in [0.1, 0.15) is 0 Å². The van der Waals surface area contributed by atoms with Gasteiger partial charge in [0.05, 0.1) is 21.9 Å². The van der Waals surface area contributed by atoms with E-state index in [4.69, 9.17) is 16.6 Å². The van der Waals surface area contributed by atoms with E-state index in [0.29, 0.717) is 22.7 Å². The van der Waals surface area contributed by atoms with Gasteiger partial charge in [-0.2, -0.15) is 0 Å². The van der Waals surface area contributed by atoms with E-state index in [1.165, 1.54) is 6.08 Å². The number of pyridine rings is 1. The molecule has 0 aliphatic carbocycles. The van der Waals surface area contributed by atoms with Crippen LogP contribution in [-0.2, 0) is 4.79 Å². The molecule has 2 aromatic carbocycles. The predicted molar refractivity (Wildman–Crippen MR) is 151 cm³/mol. The first-order chi connectivity index (χ1) is 17.9. The molecule has 9 heteroatoms. The molecule has 4 aromatic rings. The Kier molecular flexibility index (Phi) is 7.03. The second-order valence-corrected chi connectivity index (χ2v) is 9.63. The first-order valence-corrected chi connectivity index (χ1v) is 12.4. The Labute approximate surface area is 221 Å². The van der Waals surface area contributed by atoms with Crippen molar-refractivity contribution in [1.82, 2.24) is 19.9 Å². The molecule has 8 nitrogen and oxygen atoms in total. The number of likely N-dealkylation sites (tertiary alicyclic amines) is 1. The third-order valence-corrected chi connectivity index (χ3v) is 6.82. The standard InChI is InChI=1S/C28H28ClN7O/c1-4-26(37)33-24-13-21(8-9-25(24)36(3)22-10-11-35(2)17-22)32-28-31-15-18-6-5-7-23(27(18)34-28)19-12-20(29)16-30-14-19/h4-9,12-16,22H,1,10-11,17H2,2-3H3,(H,33,37)(H,31,32,34). The molecule has 2 aromatic heterocycles. The minimum atomic E-state index is -0.267. The molecule has 37 heavy (non-hydrogen) atoms. The lowest BCUT2D eigenvalue weighted by molar-refractivity contribution is -0.111. The van der Waals surface area contributed by atoms with Gasteiger partial charge in [-0.1, -0.05) is 36.4 Å². The Bertz CT molecular complexity index is 1470. The number of likely N-dealkylation sites (N-methyl/N-ethyl adjacent to an activating group) is 2. The number of amides is 1. The smallest absolute Gasteiger partial charge is 0.247 e. The van der Waals surface area contributed by atoms with Gasteiger partial charge in [-0.3, -0.25) is 9.78 Å². The average molecular weight is 514 g/mol. The van der Waals surface area contributed by atoms with Crippen LogP contribution in [0.2, 0.25) is 5.02 Å². The number of hydrogen-bond donors (Lipinski definition) is 2. The van der Waals surface area contributed by atoms with Crippen LogP contribution in [0.1, 0.15) is 6.42 Å². The van der Waals surface area contributed by atoms with Crippen molar-refractivity contribution in [3.63, 3.8) is 0 Å². The minimum Gasteiger partial charge on any atom is -0.369 e. The van der Waals surface area contributed by atoms with E-state index in [1.54, 1.807) is 18.6 Å². The van der Waals surface area contributed by atoms with Crippen LogP contribution in [0.5, 0.6) is 0 Å². The molecule has 1 fully saturated rings. The number of nitrogens with zero attached hydrogens (tertiary/aromatic N) is 5. The van der Waals surface area contributed by atoms with E-state index in [0.717, 1.165) is 52.9 Å². The highest BCUT2D eigenvalue weighted by molar-refractivity contribution is 6.30. The molecule has 1 atom stereocenters. The molecule has 1 unspecified atom stereocenters. The lowest BCUT2D eigenvalue weighted by atomic mass is 10.0. The summed E-state index contributed by atoms with van der Waals surface area (Å²) < 4.78 is 0. The SMILES string of the molecule is C=CC(=O)Nc1cc(Nc2ncc3cccc(-c4cncc(Cl)c4)c3n2)ccc1N(C)C1CCN(C)C1. The molecular weight excluding hydrogens is 486 g/mol. The van der Waals surface area contributed by atoms with Crippen LogP contribution in [0, 0.1) is 0 Å². The van der Waals surface area contributed by atoms with E-state index < -0.39 is 0 Å². The number of benzene rings is 2. The van der Waals surface area contributed by atoms with Crippen LogP contribution in [-0.4, -0.2) is 59.0 Å². The number of para-hydroxylation sites is 1. The lowest BCUT2D eigenvalue weighted by Gasteiger charge is -2.29. The highest BCUT2D eigenvalue weighted by Gasteiger charge is 2.25. The molecule has 188 valence electrons. The summed E-state index contributed by atoms with van der Waals surface area (Å²) in [5.74, 6) is 0.173. The maximum atomic E-state index is 12.2. The molecule has 0 saturated carbocycles. The van der Waals surface area contributed by atoms with E-state index in [-0.39, 0.29) is 5.91 Å². The monoisotopic (exact) mass is 513 g/mol. The summed E-state index contributed by atoms with van der Waals surface area (Å²) in [4.78, 5) is 30.3. The fourth-order valence-electron chi connectivity index (χ4n) is 4.67. The van der Waals surface area contributed by atoms with E-state index in [2.05, 4.69) is 51.1 Å². The van der Waals surface area contributed by atoms with Gasteiger partial charge in [-0.05, 0) is 50.4 Å². The van der Waals surface area contributed by atoms with Crippen molar-refractivity contribution in [2.24, 2.45) is 0 Å². The Balaban J connectivity index is 1.48. The van der Waals surface area contributed by atoms with Gasteiger partial charge in [-0.25, -0.2) is 9.97 Å². The maximum absolute atomic E-state index is 12.2. The highest BCUT2D eigenvalue weighted by Crippen LogP contribution is 2.33. The predicted octanol–water partition coefficient (Wildman–Crippen LogP) is 5.35. The van der Waals surface area contributed by atoms with Crippen LogP contribution in [0.3, 0.4) is 0 Å². The zero-order valence-electron chi connectivity index (χ0n) is 20.8. The zero-order valence-corrected chi connectivity index (χ0v) is 21.5. The molecule has 1 aliphatic heterocycles. The van der Waals surface area contributed by atoms with Crippen LogP contribution in [0.15, 0.2) is 73.7 Å². The average Bonchev–Trinajstić information content (AvgIpc) is 3.34. The Hall–Kier alpha value is -4.01. The van der Waals surface area contributed by atoms with Gasteiger partial charge in [0, 0.05) is 60.4 Å². The maximum Gasteiger partial charge on any atom is 0.247 e. The number of carbonyl (C=O) groups is 1. The largest absolute Gasteiger partial charge is 0.369 e. The summed E-state index contributed by atoms with van der Waals surface area (Å²) in [5, 5.41) is 7.71. The molecule has 2 N–H and O–H groups in total. The number of hydrogen-bond acceptors (Lipinski definition) is 7. The normalized spacial score (nSPS) is 15.5. The van der Waals surface area contributed by atoms with Crippen LogP contribution >= 0.6 is 11.6 Å². The molecule has 1 saturated heterocycles. The van der Waals surface area contributed by atoms with E-state index in [9.17, 15) is 4.79 Å². The van der Waals surface area contributed by atoms with Crippen LogP contribution in [0.25, 0.3) is 22.0 Å². The van der Waals surface area contributed by atoms with Gasteiger partial charge in [0.2, 0.25) is 11.9 Å². The fourth-order valence-corrected chi connectivity index (χ4v) is 4.84. The molecule has 5 rings (SSSR count).